The zero-order valence-electron chi connectivity index (χ0n) is 17.8. The highest BCUT2D eigenvalue weighted by molar-refractivity contribution is 5.90. The standard InChI is InChI=1S/C26H27N5/c1-20(21-10-4-2-5-11-21)27-25-23-14-8-9-15-24(23)28-26(29-25)31-18-16-30(17-19-31)22-12-6-3-7-13-22/h2-15,20H,16-19H2,1H3,(H,27,28,29). The van der Waals surface area contributed by atoms with Crippen molar-refractivity contribution in [2.45, 2.75) is 13.0 Å². The number of hydrogen-bond acceptors (Lipinski definition) is 5. The molecule has 3 aromatic carbocycles. The number of aromatic nitrogens is 2. The zero-order valence-corrected chi connectivity index (χ0v) is 17.8. The molecule has 1 atom stereocenters. The van der Waals surface area contributed by atoms with Crippen molar-refractivity contribution < 1.29 is 0 Å². The Labute approximate surface area is 183 Å². The molecule has 1 saturated heterocycles. The van der Waals surface area contributed by atoms with Crippen molar-refractivity contribution in [3.63, 3.8) is 0 Å². The number of para-hydroxylation sites is 2. The van der Waals surface area contributed by atoms with E-state index < -0.39 is 0 Å². The van der Waals surface area contributed by atoms with E-state index in [1.54, 1.807) is 0 Å². The van der Waals surface area contributed by atoms with Gasteiger partial charge in [0, 0.05) is 43.3 Å². The van der Waals surface area contributed by atoms with Gasteiger partial charge in [0.2, 0.25) is 5.95 Å². The van der Waals surface area contributed by atoms with Crippen molar-refractivity contribution >= 4 is 28.4 Å². The van der Waals surface area contributed by atoms with E-state index in [0.29, 0.717) is 0 Å². The van der Waals surface area contributed by atoms with Gasteiger partial charge in [-0.15, -0.1) is 0 Å². The van der Waals surface area contributed by atoms with Gasteiger partial charge in [-0.2, -0.15) is 4.98 Å². The molecule has 0 spiro atoms. The third-order valence-corrected chi connectivity index (χ3v) is 5.93. The van der Waals surface area contributed by atoms with Crippen LogP contribution in [0.3, 0.4) is 0 Å². The summed E-state index contributed by atoms with van der Waals surface area (Å²) < 4.78 is 0. The van der Waals surface area contributed by atoms with Crippen LogP contribution in [0.1, 0.15) is 18.5 Å². The smallest absolute Gasteiger partial charge is 0.228 e. The summed E-state index contributed by atoms with van der Waals surface area (Å²) in [6, 6.07) is 29.5. The van der Waals surface area contributed by atoms with Gasteiger partial charge >= 0.3 is 0 Å². The summed E-state index contributed by atoms with van der Waals surface area (Å²) in [7, 11) is 0. The number of rotatable bonds is 5. The first-order valence-corrected chi connectivity index (χ1v) is 10.9. The largest absolute Gasteiger partial charge is 0.368 e. The molecule has 1 fully saturated rings. The van der Waals surface area contributed by atoms with Gasteiger partial charge in [0.05, 0.1) is 5.52 Å². The van der Waals surface area contributed by atoms with Crippen LogP contribution >= 0.6 is 0 Å². The van der Waals surface area contributed by atoms with E-state index in [4.69, 9.17) is 9.97 Å². The third-order valence-electron chi connectivity index (χ3n) is 5.93. The van der Waals surface area contributed by atoms with E-state index >= 15 is 0 Å². The molecule has 0 radical (unpaired) electrons. The molecule has 4 aromatic rings. The summed E-state index contributed by atoms with van der Waals surface area (Å²) in [6.07, 6.45) is 0. The average molecular weight is 410 g/mol. The van der Waals surface area contributed by atoms with E-state index in [1.165, 1.54) is 11.3 Å². The lowest BCUT2D eigenvalue weighted by Crippen LogP contribution is -2.47. The van der Waals surface area contributed by atoms with Crippen molar-refractivity contribution in [3.05, 3.63) is 90.5 Å². The lowest BCUT2D eigenvalue weighted by atomic mass is 10.1. The first-order chi connectivity index (χ1) is 15.3. The maximum absolute atomic E-state index is 4.97. The van der Waals surface area contributed by atoms with E-state index in [2.05, 4.69) is 88.8 Å². The fourth-order valence-electron chi connectivity index (χ4n) is 4.15. The summed E-state index contributed by atoms with van der Waals surface area (Å²) in [4.78, 5) is 14.6. The minimum Gasteiger partial charge on any atom is -0.368 e. The first-order valence-electron chi connectivity index (χ1n) is 10.9. The van der Waals surface area contributed by atoms with Crippen LogP contribution in [0, 0.1) is 0 Å². The lowest BCUT2D eigenvalue weighted by Gasteiger charge is -2.36. The molecule has 0 saturated carbocycles. The van der Waals surface area contributed by atoms with Crippen molar-refractivity contribution in [3.8, 4) is 0 Å². The molecule has 5 rings (SSSR count). The molecule has 0 bridgehead atoms. The Morgan fingerprint density at radius 2 is 1.32 bits per heavy atom. The SMILES string of the molecule is CC(Nc1nc(N2CCN(c3ccccc3)CC2)nc2ccccc12)c1ccccc1. The Hall–Kier alpha value is -3.60. The number of nitrogens with zero attached hydrogens (tertiary/aromatic N) is 4. The second-order valence-corrected chi connectivity index (χ2v) is 7.98. The molecular formula is C26H27N5. The highest BCUT2D eigenvalue weighted by atomic mass is 15.3. The molecule has 5 heteroatoms. The summed E-state index contributed by atoms with van der Waals surface area (Å²) in [6.45, 7) is 5.90. The van der Waals surface area contributed by atoms with Crippen molar-refractivity contribution in [2.24, 2.45) is 0 Å². The highest BCUT2D eigenvalue weighted by Crippen LogP contribution is 2.28. The predicted molar refractivity (Wildman–Crippen MR) is 129 cm³/mol. The lowest BCUT2D eigenvalue weighted by molar-refractivity contribution is 0.641. The minimum absolute atomic E-state index is 0.155. The van der Waals surface area contributed by atoms with Crippen LogP contribution in [0.4, 0.5) is 17.5 Å². The Balaban J connectivity index is 1.40. The van der Waals surface area contributed by atoms with E-state index in [1.807, 2.05) is 18.2 Å². The van der Waals surface area contributed by atoms with E-state index in [0.717, 1.165) is 48.8 Å². The maximum atomic E-state index is 4.97. The molecule has 0 aliphatic carbocycles. The molecule has 1 unspecified atom stereocenters. The summed E-state index contributed by atoms with van der Waals surface area (Å²) in [5, 5.41) is 4.68. The zero-order chi connectivity index (χ0) is 21.0. The van der Waals surface area contributed by atoms with Crippen molar-refractivity contribution in [1.29, 1.82) is 0 Å². The molecule has 156 valence electrons. The van der Waals surface area contributed by atoms with Gasteiger partial charge in [-0.05, 0) is 36.8 Å². The van der Waals surface area contributed by atoms with Crippen LogP contribution in [0.2, 0.25) is 0 Å². The monoisotopic (exact) mass is 409 g/mol. The number of fused-ring (bicyclic) bond motifs is 1. The molecular weight excluding hydrogens is 382 g/mol. The summed E-state index contributed by atoms with van der Waals surface area (Å²) in [5.41, 5.74) is 3.49. The van der Waals surface area contributed by atoms with Gasteiger partial charge < -0.3 is 15.1 Å². The molecule has 0 amide bonds. The van der Waals surface area contributed by atoms with Crippen LogP contribution < -0.4 is 15.1 Å². The summed E-state index contributed by atoms with van der Waals surface area (Å²) in [5.74, 6) is 1.69. The molecule has 1 aromatic heterocycles. The predicted octanol–water partition coefficient (Wildman–Crippen LogP) is 5.13. The van der Waals surface area contributed by atoms with Crippen LogP contribution in [0.5, 0.6) is 0 Å². The minimum atomic E-state index is 0.155. The topological polar surface area (TPSA) is 44.3 Å². The maximum Gasteiger partial charge on any atom is 0.228 e. The number of hydrogen-bond donors (Lipinski definition) is 1. The highest BCUT2D eigenvalue weighted by Gasteiger charge is 2.21. The van der Waals surface area contributed by atoms with Gasteiger partial charge in [-0.25, -0.2) is 4.98 Å². The van der Waals surface area contributed by atoms with Gasteiger partial charge in [0.25, 0.3) is 0 Å². The Kier molecular flexibility index (Phi) is 5.40. The van der Waals surface area contributed by atoms with Crippen molar-refractivity contribution in [1.82, 2.24) is 9.97 Å². The van der Waals surface area contributed by atoms with Crippen LogP contribution in [0.15, 0.2) is 84.9 Å². The number of nitrogens with one attached hydrogen (secondary N) is 1. The molecule has 1 aliphatic rings. The fourth-order valence-corrected chi connectivity index (χ4v) is 4.15. The van der Waals surface area contributed by atoms with E-state index in [9.17, 15) is 0 Å². The summed E-state index contributed by atoms with van der Waals surface area (Å²) >= 11 is 0. The third kappa shape index (κ3) is 4.17. The van der Waals surface area contributed by atoms with Crippen LogP contribution in [-0.4, -0.2) is 36.1 Å². The van der Waals surface area contributed by atoms with Crippen LogP contribution in [-0.2, 0) is 0 Å². The van der Waals surface area contributed by atoms with Crippen LogP contribution in [0.25, 0.3) is 10.9 Å². The van der Waals surface area contributed by atoms with Gasteiger partial charge in [-0.3, -0.25) is 0 Å². The Morgan fingerprint density at radius 3 is 2.06 bits per heavy atom. The van der Waals surface area contributed by atoms with Gasteiger partial charge in [-0.1, -0.05) is 60.7 Å². The average Bonchev–Trinajstić information content (AvgIpc) is 2.85. The second kappa shape index (κ2) is 8.64. The number of anilines is 3. The molecule has 5 nitrogen and oxygen atoms in total. The molecule has 1 aliphatic heterocycles. The molecule has 31 heavy (non-hydrogen) atoms. The Bertz CT molecular complexity index is 1140. The Morgan fingerprint density at radius 1 is 0.710 bits per heavy atom. The molecule has 2 heterocycles. The number of benzene rings is 3. The fraction of sp³-hybridized carbons (Fsp3) is 0.231. The first kappa shape index (κ1) is 19.4. The molecule has 1 N–H and O–H groups in total. The van der Waals surface area contributed by atoms with Crippen molar-refractivity contribution in [2.75, 3.05) is 41.3 Å². The van der Waals surface area contributed by atoms with Gasteiger partial charge in [0.1, 0.15) is 5.82 Å². The van der Waals surface area contributed by atoms with E-state index in [-0.39, 0.29) is 6.04 Å². The van der Waals surface area contributed by atoms with Gasteiger partial charge in [0.15, 0.2) is 0 Å². The normalized spacial score (nSPS) is 15.1. The second-order valence-electron chi connectivity index (χ2n) is 7.98. The number of piperazine rings is 1. The quantitative estimate of drug-likeness (QED) is 0.495.